The molecule has 6 nitrogen and oxygen atoms in total. The van der Waals surface area contributed by atoms with Crippen molar-refractivity contribution in [2.75, 3.05) is 6.61 Å². The summed E-state index contributed by atoms with van der Waals surface area (Å²) in [6.07, 6.45) is -1.67. The molecule has 1 aliphatic carbocycles. The van der Waals surface area contributed by atoms with Gasteiger partial charge in [0.2, 0.25) is 0 Å². The minimum atomic E-state index is -4.61. The molecule has 1 aliphatic heterocycles. The molecular formula is C26H29ClF3N3O3. The van der Waals surface area contributed by atoms with Crippen LogP contribution in [-0.4, -0.2) is 44.1 Å². The minimum absolute atomic E-state index is 0.00454. The number of benzene rings is 2. The summed E-state index contributed by atoms with van der Waals surface area (Å²) in [6.45, 7) is 3.69. The molecule has 5 rings (SSSR count). The lowest BCUT2D eigenvalue weighted by Crippen LogP contribution is -2.53. The predicted octanol–water partition coefficient (Wildman–Crippen LogP) is 5.20. The van der Waals surface area contributed by atoms with Gasteiger partial charge in [-0.25, -0.2) is 4.98 Å². The number of ether oxygens (including phenoxy) is 1. The van der Waals surface area contributed by atoms with E-state index in [1.54, 1.807) is 25.1 Å². The third-order valence-corrected chi connectivity index (χ3v) is 7.49. The SMILES string of the molecule is CC1CC(O)(c2cccc(Cl)c2)CC(COc2cc(C(F)(F)F)c3c(c2)ncn3C2CC(C)(O)C2)N1. The van der Waals surface area contributed by atoms with Crippen molar-refractivity contribution in [3.63, 3.8) is 0 Å². The number of hydrogen-bond acceptors (Lipinski definition) is 5. The summed E-state index contributed by atoms with van der Waals surface area (Å²) in [4.78, 5) is 4.22. The minimum Gasteiger partial charge on any atom is -0.492 e. The van der Waals surface area contributed by atoms with Gasteiger partial charge in [0.05, 0.1) is 34.1 Å². The summed E-state index contributed by atoms with van der Waals surface area (Å²) in [5, 5.41) is 25.3. The molecular weight excluding hydrogens is 495 g/mol. The first kappa shape index (κ1) is 25.3. The highest BCUT2D eigenvalue weighted by molar-refractivity contribution is 6.30. The lowest BCUT2D eigenvalue weighted by atomic mass is 9.77. The van der Waals surface area contributed by atoms with Crippen LogP contribution < -0.4 is 10.1 Å². The Balaban J connectivity index is 1.38. The second-order valence-electron chi connectivity index (χ2n) is 10.6. The maximum Gasteiger partial charge on any atom is 0.418 e. The van der Waals surface area contributed by atoms with Gasteiger partial charge in [-0.2, -0.15) is 13.2 Å². The van der Waals surface area contributed by atoms with Crippen molar-refractivity contribution in [3.05, 3.63) is 58.9 Å². The highest BCUT2D eigenvalue weighted by Crippen LogP contribution is 2.45. The van der Waals surface area contributed by atoms with Gasteiger partial charge in [-0.1, -0.05) is 23.7 Å². The van der Waals surface area contributed by atoms with Gasteiger partial charge in [0.1, 0.15) is 12.4 Å². The van der Waals surface area contributed by atoms with Crippen LogP contribution in [0.15, 0.2) is 42.7 Å². The van der Waals surface area contributed by atoms with E-state index in [4.69, 9.17) is 16.3 Å². The number of rotatable bonds is 5. The average molecular weight is 524 g/mol. The molecule has 2 aromatic carbocycles. The molecule has 3 unspecified atom stereocenters. The zero-order valence-corrected chi connectivity index (χ0v) is 20.8. The van der Waals surface area contributed by atoms with Crippen LogP contribution in [0.2, 0.25) is 5.02 Å². The molecule has 0 radical (unpaired) electrons. The Morgan fingerprint density at radius 1 is 1.17 bits per heavy atom. The van der Waals surface area contributed by atoms with E-state index >= 15 is 0 Å². The molecule has 2 heterocycles. The van der Waals surface area contributed by atoms with Gasteiger partial charge in [0.25, 0.3) is 0 Å². The summed E-state index contributed by atoms with van der Waals surface area (Å²) < 4.78 is 49.5. The summed E-state index contributed by atoms with van der Waals surface area (Å²) in [6, 6.07) is 9.02. The molecule has 3 aromatic rings. The van der Waals surface area contributed by atoms with E-state index < -0.39 is 22.9 Å². The quantitative estimate of drug-likeness (QED) is 0.428. The number of piperidine rings is 1. The Morgan fingerprint density at radius 3 is 2.58 bits per heavy atom. The first-order valence-corrected chi connectivity index (χ1v) is 12.4. The monoisotopic (exact) mass is 523 g/mol. The summed E-state index contributed by atoms with van der Waals surface area (Å²) >= 11 is 6.12. The van der Waals surface area contributed by atoms with Crippen LogP contribution >= 0.6 is 11.6 Å². The van der Waals surface area contributed by atoms with Crippen LogP contribution in [0.4, 0.5) is 13.2 Å². The molecule has 3 atom stereocenters. The van der Waals surface area contributed by atoms with Crippen molar-refractivity contribution >= 4 is 22.6 Å². The molecule has 10 heteroatoms. The largest absolute Gasteiger partial charge is 0.492 e. The van der Waals surface area contributed by atoms with Gasteiger partial charge in [0.15, 0.2) is 0 Å². The number of imidazole rings is 1. The molecule has 0 amide bonds. The lowest BCUT2D eigenvalue weighted by Gasteiger charge is -2.42. The number of hydrogen-bond donors (Lipinski definition) is 3. The van der Waals surface area contributed by atoms with Gasteiger partial charge in [-0.05, 0) is 63.3 Å². The molecule has 1 saturated heterocycles. The van der Waals surface area contributed by atoms with Crippen molar-refractivity contribution in [2.24, 2.45) is 0 Å². The second kappa shape index (κ2) is 8.90. The highest BCUT2D eigenvalue weighted by Gasteiger charge is 2.43. The van der Waals surface area contributed by atoms with Crippen molar-refractivity contribution in [2.45, 2.75) is 75.0 Å². The van der Waals surface area contributed by atoms with Crippen molar-refractivity contribution in [3.8, 4) is 5.75 Å². The van der Waals surface area contributed by atoms with E-state index in [2.05, 4.69) is 10.3 Å². The number of aromatic nitrogens is 2. The second-order valence-corrected chi connectivity index (χ2v) is 11.0. The van der Waals surface area contributed by atoms with Crippen molar-refractivity contribution < 1.29 is 28.1 Å². The number of nitrogens with zero attached hydrogens (tertiary/aromatic N) is 2. The number of halogens is 4. The molecule has 1 aromatic heterocycles. The zero-order valence-electron chi connectivity index (χ0n) is 20.0. The normalized spacial score (nSPS) is 30.8. The number of aliphatic hydroxyl groups is 2. The van der Waals surface area contributed by atoms with Gasteiger partial charge in [-0.3, -0.25) is 0 Å². The molecule has 2 aliphatic rings. The Labute approximate surface area is 212 Å². The topological polar surface area (TPSA) is 79.5 Å². The summed E-state index contributed by atoms with van der Waals surface area (Å²) in [7, 11) is 0. The smallest absolute Gasteiger partial charge is 0.418 e. The molecule has 0 bridgehead atoms. The third-order valence-electron chi connectivity index (χ3n) is 7.25. The van der Waals surface area contributed by atoms with E-state index in [1.807, 2.05) is 13.0 Å². The summed E-state index contributed by atoms with van der Waals surface area (Å²) in [5.74, 6) is 0.0620. The molecule has 3 N–H and O–H groups in total. The van der Waals surface area contributed by atoms with Crippen LogP contribution in [-0.2, 0) is 11.8 Å². The lowest BCUT2D eigenvalue weighted by molar-refractivity contribution is -0.136. The Hall–Kier alpha value is -2.33. The number of fused-ring (bicyclic) bond motifs is 1. The van der Waals surface area contributed by atoms with E-state index in [9.17, 15) is 23.4 Å². The van der Waals surface area contributed by atoms with Gasteiger partial charge >= 0.3 is 6.18 Å². The fourth-order valence-corrected chi connectivity index (χ4v) is 5.90. The molecule has 2 fully saturated rings. The number of nitrogens with one attached hydrogen (secondary N) is 1. The number of alkyl halides is 3. The van der Waals surface area contributed by atoms with Crippen LogP contribution in [0.3, 0.4) is 0 Å². The summed E-state index contributed by atoms with van der Waals surface area (Å²) in [5.41, 5.74) is -1.94. The fourth-order valence-electron chi connectivity index (χ4n) is 5.71. The van der Waals surface area contributed by atoms with E-state index in [1.165, 1.54) is 17.0 Å². The van der Waals surface area contributed by atoms with Crippen molar-refractivity contribution in [1.29, 1.82) is 0 Å². The molecule has 1 saturated carbocycles. The van der Waals surface area contributed by atoms with Crippen LogP contribution in [0.5, 0.6) is 5.75 Å². The Kier molecular flexibility index (Phi) is 6.26. The molecule has 0 spiro atoms. The van der Waals surface area contributed by atoms with E-state index in [-0.39, 0.29) is 41.5 Å². The first-order valence-electron chi connectivity index (χ1n) is 12.0. The van der Waals surface area contributed by atoms with Gasteiger partial charge in [0, 0.05) is 29.2 Å². The predicted molar refractivity (Wildman–Crippen MR) is 130 cm³/mol. The van der Waals surface area contributed by atoms with E-state index in [0.717, 1.165) is 6.07 Å². The van der Waals surface area contributed by atoms with Gasteiger partial charge in [-0.15, -0.1) is 0 Å². The van der Waals surface area contributed by atoms with Gasteiger partial charge < -0.3 is 24.8 Å². The average Bonchev–Trinajstić information content (AvgIpc) is 3.18. The zero-order chi connectivity index (χ0) is 25.9. The van der Waals surface area contributed by atoms with Crippen LogP contribution in [0.1, 0.15) is 56.7 Å². The van der Waals surface area contributed by atoms with Crippen molar-refractivity contribution in [1.82, 2.24) is 14.9 Å². The van der Waals surface area contributed by atoms with Crippen LogP contribution in [0.25, 0.3) is 11.0 Å². The fraction of sp³-hybridized carbons (Fsp3) is 0.500. The first-order chi connectivity index (χ1) is 16.8. The highest BCUT2D eigenvalue weighted by atomic mass is 35.5. The Morgan fingerprint density at radius 2 is 1.92 bits per heavy atom. The van der Waals surface area contributed by atoms with Crippen LogP contribution in [0, 0.1) is 0 Å². The maximum atomic E-state index is 14.1. The standard InChI is InChI=1S/C26H29ClF3N3O3/c1-15-9-25(35,16-4-3-5-17(27)6-16)10-18(32-15)13-36-20-7-21(26(28,29)30)23-22(8-20)31-14-33(23)19-11-24(2,34)12-19/h3-8,14-15,18-19,32,34-35H,9-13H2,1-2H3. The van der Waals surface area contributed by atoms with E-state index in [0.29, 0.717) is 36.3 Å². The molecule has 36 heavy (non-hydrogen) atoms. The Bertz CT molecular complexity index is 1270. The molecule has 194 valence electrons. The maximum absolute atomic E-state index is 14.1. The third kappa shape index (κ3) is 4.94.